The number of rotatable bonds is 64. The number of aliphatic hydroxyl groups is 2. The lowest BCUT2D eigenvalue weighted by Gasteiger charge is -2.22. The average Bonchev–Trinajstić information content (AvgIpc) is 3.39. The molecule has 0 aromatic rings. The van der Waals surface area contributed by atoms with Crippen molar-refractivity contribution in [2.75, 3.05) is 13.2 Å². The molecule has 0 spiro atoms. The molecule has 1 amide bonds. The maximum absolute atomic E-state index is 12.5. The molecule has 0 aromatic heterocycles. The molecule has 0 bridgehead atoms. The van der Waals surface area contributed by atoms with E-state index in [0.717, 1.165) is 38.5 Å². The molecule has 0 aliphatic rings. The van der Waals surface area contributed by atoms with Gasteiger partial charge < -0.3 is 20.3 Å². The highest BCUT2D eigenvalue weighted by Gasteiger charge is 2.20. The lowest BCUT2D eigenvalue weighted by Crippen LogP contribution is -2.45. The molecule has 0 rings (SSSR count). The van der Waals surface area contributed by atoms with Gasteiger partial charge in [-0.1, -0.05) is 354 Å². The van der Waals surface area contributed by atoms with Crippen LogP contribution in [0, 0.1) is 0 Å². The summed E-state index contributed by atoms with van der Waals surface area (Å²) < 4.78 is 5.47. The predicted octanol–water partition coefficient (Wildman–Crippen LogP) is 21.4. The quantitative estimate of drug-likeness (QED) is 0.0417. The van der Waals surface area contributed by atoms with Gasteiger partial charge in [-0.2, -0.15) is 0 Å². The fourth-order valence-corrected chi connectivity index (χ4v) is 11.0. The Balaban J connectivity index is 3.36. The lowest BCUT2D eigenvalue weighted by atomic mass is 10.0. The van der Waals surface area contributed by atoms with Gasteiger partial charge in [0.25, 0.3) is 0 Å². The first kappa shape index (κ1) is 71.9. The summed E-state index contributed by atoms with van der Waals surface area (Å²) >= 11 is 0. The first-order chi connectivity index (χ1) is 36.0. The van der Waals surface area contributed by atoms with Crippen molar-refractivity contribution in [2.45, 2.75) is 405 Å². The monoisotopic (exact) mass is 1030 g/mol. The third-order valence-corrected chi connectivity index (χ3v) is 16.2. The molecule has 0 saturated carbocycles. The van der Waals surface area contributed by atoms with Gasteiger partial charge in [0.2, 0.25) is 5.91 Å². The Hall–Kier alpha value is -1.14. The van der Waals surface area contributed by atoms with Gasteiger partial charge in [0, 0.05) is 12.8 Å². The average molecular weight is 1030 g/mol. The van der Waals surface area contributed by atoms with E-state index in [9.17, 15) is 19.8 Å². The number of amides is 1. The van der Waals surface area contributed by atoms with Crippen molar-refractivity contribution >= 4 is 11.9 Å². The van der Waals surface area contributed by atoms with Crippen molar-refractivity contribution in [3.63, 3.8) is 0 Å². The maximum Gasteiger partial charge on any atom is 0.305 e. The third-order valence-electron chi connectivity index (χ3n) is 16.2. The molecule has 0 aromatic carbocycles. The highest BCUT2D eigenvalue weighted by atomic mass is 16.5. The van der Waals surface area contributed by atoms with Gasteiger partial charge in [-0.25, -0.2) is 0 Å². The first-order valence-corrected chi connectivity index (χ1v) is 33.8. The van der Waals surface area contributed by atoms with Gasteiger partial charge in [0.05, 0.1) is 25.4 Å². The molecule has 73 heavy (non-hydrogen) atoms. The third kappa shape index (κ3) is 60.0. The smallest absolute Gasteiger partial charge is 0.305 e. The number of esters is 1. The minimum Gasteiger partial charge on any atom is -0.466 e. The number of carbonyl (C=O) groups is 2. The van der Waals surface area contributed by atoms with E-state index in [0.29, 0.717) is 25.9 Å². The molecule has 2 atom stereocenters. The number of nitrogens with one attached hydrogen (secondary N) is 1. The normalized spacial score (nSPS) is 12.4. The van der Waals surface area contributed by atoms with E-state index in [1.807, 2.05) is 0 Å². The van der Waals surface area contributed by atoms with Gasteiger partial charge in [-0.05, 0) is 25.7 Å². The fraction of sp³-hybridized carbons (Fsp3) is 0.970. The Morgan fingerprint density at radius 2 is 0.562 bits per heavy atom. The standard InChI is InChI=1S/C67H133NO5/c1-3-5-7-9-11-13-15-16-17-18-19-24-27-30-33-36-40-43-47-51-55-59-65(70)64(63-69)68-66(71)60-56-52-48-44-41-37-34-31-28-25-22-20-21-23-26-29-32-35-38-42-46-50-54-58-62-73-67(72)61-57-53-49-45-39-14-12-10-8-6-4-2/h64-65,69-70H,3-63H2,1-2H3,(H,68,71). The SMILES string of the molecule is CCCCCCCCCCCCCCCCCCCCCCCC(O)C(CO)NC(=O)CCCCCCCCCCCCCCCCCCCCCCCCCCOC(=O)CCCCCCCCCCCCC. The van der Waals surface area contributed by atoms with Crippen LogP contribution < -0.4 is 5.32 Å². The Kier molecular flexibility index (Phi) is 62.4. The molecular formula is C67H133NO5. The predicted molar refractivity (Wildman–Crippen MR) is 320 cm³/mol. The number of carbonyl (C=O) groups excluding carboxylic acids is 2. The van der Waals surface area contributed by atoms with Crippen LogP contribution in [-0.4, -0.2) is 47.4 Å². The van der Waals surface area contributed by atoms with Crippen LogP contribution in [0.2, 0.25) is 0 Å². The van der Waals surface area contributed by atoms with Crippen LogP contribution in [0.15, 0.2) is 0 Å². The molecule has 2 unspecified atom stereocenters. The lowest BCUT2D eigenvalue weighted by molar-refractivity contribution is -0.143. The first-order valence-electron chi connectivity index (χ1n) is 33.8. The largest absolute Gasteiger partial charge is 0.466 e. The van der Waals surface area contributed by atoms with Crippen molar-refractivity contribution < 1.29 is 24.5 Å². The highest BCUT2D eigenvalue weighted by Crippen LogP contribution is 2.19. The molecule has 0 aliphatic carbocycles. The minimum absolute atomic E-state index is 0.0164. The summed E-state index contributed by atoms with van der Waals surface area (Å²) in [5.74, 6) is -0.0122. The highest BCUT2D eigenvalue weighted by molar-refractivity contribution is 5.76. The van der Waals surface area contributed by atoms with E-state index < -0.39 is 12.1 Å². The Morgan fingerprint density at radius 1 is 0.329 bits per heavy atom. The van der Waals surface area contributed by atoms with Gasteiger partial charge >= 0.3 is 5.97 Å². The van der Waals surface area contributed by atoms with Crippen LogP contribution in [0.5, 0.6) is 0 Å². The Labute approximate surface area is 457 Å². The zero-order chi connectivity index (χ0) is 52.9. The van der Waals surface area contributed by atoms with Gasteiger partial charge in [0.1, 0.15) is 0 Å². The molecule has 436 valence electrons. The summed E-state index contributed by atoms with van der Waals surface area (Å²) in [5.41, 5.74) is 0. The molecule has 0 aliphatic heterocycles. The van der Waals surface area contributed by atoms with Gasteiger partial charge in [-0.15, -0.1) is 0 Å². The second-order valence-corrected chi connectivity index (χ2v) is 23.5. The number of aliphatic hydroxyl groups excluding tert-OH is 2. The molecule has 0 fully saturated rings. The van der Waals surface area contributed by atoms with Gasteiger partial charge in [-0.3, -0.25) is 9.59 Å². The molecule has 0 heterocycles. The Morgan fingerprint density at radius 3 is 0.836 bits per heavy atom. The van der Waals surface area contributed by atoms with Gasteiger partial charge in [0.15, 0.2) is 0 Å². The second kappa shape index (κ2) is 63.4. The van der Waals surface area contributed by atoms with E-state index >= 15 is 0 Å². The maximum atomic E-state index is 12.5. The fourth-order valence-electron chi connectivity index (χ4n) is 11.0. The summed E-state index contributed by atoms with van der Waals surface area (Å²) in [6, 6.07) is -0.540. The van der Waals surface area contributed by atoms with Crippen LogP contribution in [0.4, 0.5) is 0 Å². The zero-order valence-corrected chi connectivity index (χ0v) is 49.9. The summed E-state index contributed by atoms with van der Waals surface area (Å²) in [4.78, 5) is 24.5. The summed E-state index contributed by atoms with van der Waals surface area (Å²) in [6.45, 7) is 4.99. The number of unbranched alkanes of at least 4 members (excludes halogenated alkanes) is 53. The van der Waals surface area contributed by atoms with Crippen molar-refractivity contribution in [3.8, 4) is 0 Å². The number of hydrogen-bond acceptors (Lipinski definition) is 5. The van der Waals surface area contributed by atoms with Crippen LogP contribution in [0.3, 0.4) is 0 Å². The molecule has 0 saturated heterocycles. The molecule has 0 radical (unpaired) electrons. The zero-order valence-electron chi connectivity index (χ0n) is 49.9. The van der Waals surface area contributed by atoms with Crippen LogP contribution in [0.1, 0.15) is 393 Å². The molecule has 6 nitrogen and oxygen atoms in total. The second-order valence-electron chi connectivity index (χ2n) is 23.5. The van der Waals surface area contributed by atoms with Crippen LogP contribution >= 0.6 is 0 Å². The van der Waals surface area contributed by atoms with Crippen molar-refractivity contribution in [3.05, 3.63) is 0 Å². The van der Waals surface area contributed by atoms with E-state index in [2.05, 4.69) is 19.2 Å². The van der Waals surface area contributed by atoms with Crippen LogP contribution in [0.25, 0.3) is 0 Å². The van der Waals surface area contributed by atoms with E-state index in [1.165, 1.54) is 321 Å². The summed E-state index contributed by atoms with van der Waals surface area (Å²) in [7, 11) is 0. The van der Waals surface area contributed by atoms with E-state index in [-0.39, 0.29) is 18.5 Å². The van der Waals surface area contributed by atoms with Crippen molar-refractivity contribution in [2.24, 2.45) is 0 Å². The van der Waals surface area contributed by atoms with Crippen molar-refractivity contribution in [1.82, 2.24) is 5.32 Å². The minimum atomic E-state index is -0.663. The summed E-state index contributed by atoms with van der Waals surface area (Å²) in [5, 5.41) is 23.4. The summed E-state index contributed by atoms with van der Waals surface area (Å²) in [6.07, 6.45) is 75.6. The molecule has 6 heteroatoms. The van der Waals surface area contributed by atoms with E-state index in [4.69, 9.17) is 4.74 Å². The Bertz CT molecular complexity index is 1050. The van der Waals surface area contributed by atoms with Crippen molar-refractivity contribution in [1.29, 1.82) is 0 Å². The topological polar surface area (TPSA) is 95.9 Å². The molecular weight excluding hydrogens is 899 g/mol. The number of hydrogen-bond donors (Lipinski definition) is 3. The van der Waals surface area contributed by atoms with E-state index in [1.54, 1.807) is 0 Å². The van der Waals surface area contributed by atoms with Crippen LogP contribution in [-0.2, 0) is 14.3 Å². The number of ether oxygens (including phenoxy) is 1. The molecule has 3 N–H and O–H groups in total.